The molecule has 1 N–H and O–H groups in total. The first-order valence-electron chi connectivity index (χ1n) is 8.00. The summed E-state index contributed by atoms with van der Waals surface area (Å²) in [5.41, 5.74) is 1.62. The van der Waals surface area contributed by atoms with Gasteiger partial charge in [-0.15, -0.1) is 11.3 Å². The molecule has 0 radical (unpaired) electrons. The van der Waals surface area contributed by atoms with E-state index in [1.54, 1.807) is 24.5 Å². The van der Waals surface area contributed by atoms with Crippen LogP contribution < -0.4 is 10.1 Å². The van der Waals surface area contributed by atoms with Gasteiger partial charge in [-0.3, -0.25) is 9.78 Å². The first kappa shape index (κ1) is 19.0. The number of benzene rings is 1. The summed E-state index contributed by atoms with van der Waals surface area (Å²) < 4.78 is 29.7. The van der Waals surface area contributed by atoms with Crippen LogP contribution in [0.5, 0.6) is 5.75 Å². The largest absolute Gasteiger partial charge is 0.497 e. The maximum absolute atomic E-state index is 12.3. The van der Waals surface area contributed by atoms with Gasteiger partial charge >= 0.3 is 0 Å². The Hall–Kier alpha value is -2.78. The number of thiazole rings is 1. The molecular formula is C18H17N3O4S2. The second-order valence-corrected chi connectivity index (χ2v) is 8.53. The van der Waals surface area contributed by atoms with E-state index < -0.39 is 15.7 Å². The quantitative estimate of drug-likeness (QED) is 0.651. The number of nitrogens with one attached hydrogen (secondary N) is 1. The molecule has 7 nitrogen and oxygen atoms in total. The van der Waals surface area contributed by atoms with Gasteiger partial charge in [0.1, 0.15) is 5.75 Å². The summed E-state index contributed by atoms with van der Waals surface area (Å²) in [6, 6.07) is 9.72. The second kappa shape index (κ2) is 8.28. The second-order valence-electron chi connectivity index (χ2n) is 5.57. The Labute approximate surface area is 161 Å². The Morgan fingerprint density at radius 2 is 1.85 bits per heavy atom. The number of carbonyl (C=O) groups excluding carboxylic acids is 1. The van der Waals surface area contributed by atoms with Crippen molar-refractivity contribution in [3.8, 4) is 17.0 Å². The molecule has 0 fully saturated rings. The van der Waals surface area contributed by atoms with E-state index >= 15 is 0 Å². The molecule has 0 saturated heterocycles. The van der Waals surface area contributed by atoms with Crippen molar-refractivity contribution in [1.82, 2.24) is 9.97 Å². The summed E-state index contributed by atoms with van der Waals surface area (Å²) in [5, 5.41) is 4.89. The van der Waals surface area contributed by atoms with E-state index in [1.807, 2.05) is 17.5 Å². The predicted octanol–water partition coefficient (Wildman–Crippen LogP) is 3.02. The lowest BCUT2D eigenvalue weighted by molar-refractivity contribution is -0.115. The van der Waals surface area contributed by atoms with E-state index in [-0.39, 0.29) is 17.1 Å². The van der Waals surface area contributed by atoms with Crippen molar-refractivity contribution in [2.45, 2.75) is 11.3 Å². The number of amides is 1. The maximum atomic E-state index is 12.3. The summed E-state index contributed by atoms with van der Waals surface area (Å²) in [4.78, 5) is 20.5. The number of sulfone groups is 1. The van der Waals surface area contributed by atoms with Gasteiger partial charge in [0.15, 0.2) is 15.0 Å². The average Bonchev–Trinajstić information content (AvgIpc) is 3.16. The summed E-state index contributed by atoms with van der Waals surface area (Å²) in [6.07, 6.45) is 3.17. The molecule has 2 heterocycles. The van der Waals surface area contributed by atoms with Gasteiger partial charge in [-0.1, -0.05) is 0 Å². The molecule has 1 aromatic carbocycles. The van der Waals surface area contributed by atoms with Gasteiger partial charge in [0.25, 0.3) is 0 Å². The van der Waals surface area contributed by atoms with Crippen LogP contribution in [0.25, 0.3) is 11.3 Å². The number of hydrogen-bond donors (Lipinski definition) is 1. The number of ether oxygens (including phenoxy) is 1. The van der Waals surface area contributed by atoms with E-state index in [0.717, 1.165) is 11.3 Å². The fraction of sp³-hybridized carbons (Fsp3) is 0.167. The van der Waals surface area contributed by atoms with Gasteiger partial charge < -0.3 is 10.1 Å². The topological polar surface area (TPSA) is 98.2 Å². The minimum absolute atomic E-state index is 0.154. The number of carbonyl (C=O) groups is 1. The Balaban J connectivity index is 1.58. The van der Waals surface area contributed by atoms with E-state index in [2.05, 4.69) is 15.3 Å². The van der Waals surface area contributed by atoms with Crippen LogP contribution >= 0.6 is 11.3 Å². The van der Waals surface area contributed by atoms with E-state index in [1.165, 1.54) is 30.6 Å². The van der Waals surface area contributed by atoms with Gasteiger partial charge in [0, 0.05) is 29.8 Å². The average molecular weight is 403 g/mol. The van der Waals surface area contributed by atoms with Crippen molar-refractivity contribution >= 4 is 32.2 Å². The molecule has 27 heavy (non-hydrogen) atoms. The zero-order valence-corrected chi connectivity index (χ0v) is 16.1. The highest BCUT2D eigenvalue weighted by atomic mass is 32.2. The van der Waals surface area contributed by atoms with Gasteiger partial charge in [0.05, 0.1) is 23.5 Å². The SMILES string of the molecule is COc1ccc(S(=O)(=O)CCC(=O)Nc2nc(-c3ccncc3)cs2)cc1. The molecule has 0 aliphatic rings. The maximum Gasteiger partial charge on any atom is 0.227 e. The van der Waals surface area contributed by atoms with Gasteiger partial charge in [-0.2, -0.15) is 0 Å². The highest BCUT2D eigenvalue weighted by molar-refractivity contribution is 7.91. The van der Waals surface area contributed by atoms with Crippen molar-refractivity contribution in [2.75, 3.05) is 18.2 Å². The lowest BCUT2D eigenvalue weighted by Gasteiger charge is -2.06. The first-order valence-corrected chi connectivity index (χ1v) is 10.5. The fourth-order valence-corrected chi connectivity index (χ4v) is 4.27. The number of nitrogens with zero attached hydrogens (tertiary/aromatic N) is 2. The molecule has 140 valence electrons. The molecule has 0 bridgehead atoms. The van der Waals surface area contributed by atoms with Crippen molar-refractivity contribution in [1.29, 1.82) is 0 Å². The summed E-state index contributed by atoms with van der Waals surface area (Å²) in [5.74, 6) is -0.114. The third kappa shape index (κ3) is 4.89. The van der Waals surface area contributed by atoms with Crippen LogP contribution in [-0.4, -0.2) is 37.2 Å². The van der Waals surface area contributed by atoms with Crippen LogP contribution in [0.4, 0.5) is 5.13 Å². The molecule has 0 unspecified atom stereocenters. The molecular weight excluding hydrogens is 386 g/mol. The van der Waals surface area contributed by atoms with Crippen LogP contribution in [0, 0.1) is 0 Å². The van der Waals surface area contributed by atoms with Gasteiger partial charge in [0.2, 0.25) is 5.91 Å². The molecule has 0 aliphatic carbocycles. The molecule has 2 aromatic heterocycles. The van der Waals surface area contributed by atoms with Gasteiger partial charge in [-0.05, 0) is 36.4 Å². The van der Waals surface area contributed by atoms with Crippen LogP contribution in [0.15, 0.2) is 59.1 Å². The molecule has 3 rings (SSSR count). The highest BCUT2D eigenvalue weighted by Crippen LogP contribution is 2.24. The Morgan fingerprint density at radius 1 is 1.15 bits per heavy atom. The lowest BCUT2D eigenvalue weighted by Crippen LogP contribution is -2.17. The van der Waals surface area contributed by atoms with Crippen molar-refractivity contribution in [2.24, 2.45) is 0 Å². The molecule has 3 aromatic rings. The normalized spacial score (nSPS) is 11.1. The highest BCUT2D eigenvalue weighted by Gasteiger charge is 2.17. The minimum atomic E-state index is -3.55. The standard InChI is InChI=1S/C18H17N3O4S2/c1-25-14-2-4-15(5-3-14)27(23,24)11-8-17(22)21-18-20-16(12-26-18)13-6-9-19-10-7-13/h2-7,9-10,12H,8,11H2,1H3,(H,20,21,22). The predicted molar refractivity (Wildman–Crippen MR) is 104 cm³/mol. The van der Waals surface area contributed by atoms with Crippen LogP contribution in [0.2, 0.25) is 0 Å². The van der Waals surface area contributed by atoms with Crippen LogP contribution in [0.1, 0.15) is 6.42 Å². The Bertz CT molecular complexity index is 1020. The number of rotatable bonds is 7. The zero-order chi connectivity index (χ0) is 19.3. The molecule has 0 aliphatic heterocycles. The summed E-state index contributed by atoms with van der Waals surface area (Å²) in [7, 11) is -2.04. The molecule has 0 atom stereocenters. The van der Waals surface area contributed by atoms with E-state index in [0.29, 0.717) is 10.9 Å². The smallest absolute Gasteiger partial charge is 0.227 e. The Kier molecular flexibility index (Phi) is 5.82. The molecule has 9 heteroatoms. The van der Waals surface area contributed by atoms with Crippen LogP contribution in [0.3, 0.4) is 0 Å². The number of anilines is 1. The number of aromatic nitrogens is 2. The number of hydrogen-bond acceptors (Lipinski definition) is 7. The number of pyridine rings is 1. The monoisotopic (exact) mass is 403 g/mol. The van der Waals surface area contributed by atoms with Crippen LogP contribution in [-0.2, 0) is 14.6 Å². The van der Waals surface area contributed by atoms with Gasteiger partial charge in [-0.25, -0.2) is 13.4 Å². The van der Waals surface area contributed by atoms with Crippen molar-refractivity contribution in [3.05, 3.63) is 54.2 Å². The van der Waals surface area contributed by atoms with E-state index in [9.17, 15) is 13.2 Å². The number of methoxy groups -OCH3 is 1. The molecule has 0 spiro atoms. The first-order chi connectivity index (χ1) is 13.0. The summed E-state index contributed by atoms with van der Waals surface area (Å²) >= 11 is 1.28. The lowest BCUT2D eigenvalue weighted by atomic mass is 10.2. The zero-order valence-electron chi connectivity index (χ0n) is 14.5. The van der Waals surface area contributed by atoms with E-state index in [4.69, 9.17) is 4.74 Å². The summed E-state index contributed by atoms with van der Waals surface area (Å²) in [6.45, 7) is 0. The fourth-order valence-electron chi connectivity index (χ4n) is 2.30. The third-order valence-electron chi connectivity index (χ3n) is 3.74. The minimum Gasteiger partial charge on any atom is -0.497 e. The Morgan fingerprint density at radius 3 is 2.52 bits per heavy atom. The van der Waals surface area contributed by atoms with Crippen molar-refractivity contribution < 1.29 is 17.9 Å². The molecule has 1 amide bonds. The third-order valence-corrected chi connectivity index (χ3v) is 6.23. The molecule has 0 saturated carbocycles. The van der Waals surface area contributed by atoms with Crippen molar-refractivity contribution in [3.63, 3.8) is 0 Å².